The number of anilines is 2. The van der Waals surface area contributed by atoms with E-state index in [4.69, 9.17) is 11.7 Å². The molecule has 2 fully saturated rings. The molecule has 6 nitrogen and oxygen atoms in total. The van der Waals surface area contributed by atoms with Crippen LogP contribution in [-0.2, 0) is 0 Å². The van der Waals surface area contributed by atoms with E-state index in [0.717, 1.165) is 53.8 Å². The van der Waals surface area contributed by atoms with Crippen molar-refractivity contribution in [2.75, 3.05) is 36.0 Å². The van der Waals surface area contributed by atoms with Gasteiger partial charge in [0.15, 0.2) is 5.13 Å². The van der Waals surface area contributed by atoms with E-state index < -0.39 is 0 Å². The van der Waals surface area contributed by atoms with Crippen LogP contribution in [0.1, 0.15) is 36.3 Å². The molecule has 0 atom stereocenters. The summed E-state index contributed by atoms with van der Waals surface area (Å²) >= 11 is 1.61. The van der Waals surface area contributed by atoms with Crippen molar-refractivity contribution < 1.29 is 0 Å². The predicted molar refractivity (Wildman–Crippen MR) is 107 cm³/mol. The molecule has 0 N–H and O–H groups in total. The van der Waals surface area contributed by atoms with E-state index in [1.54, 1.807) is 23.6 Å². The summed E-state index contributed by atoms with van der Waals surface area (Å²) in [6.45, 7) is 4.15. The highest BCUT2D eigenvalue weighted by molar-refractivity contribution is 7.16. The quantitative estimate of drug-likeness (QED) is 0.765. The van der Waals surface area contributed by atoms with E-state index in [9.17, 15) is 0 Å². The zero-order valence-electron chi connectivity index (χ0n) is 15.2. The first-order valence-electron chi connectivity index (χ1n) is 9.41. The molecule has 27 heavy (non-hydrogen) atoms. The molecule has 0 bridgehead atoms. The van der Waals surface area contributed by atoms with Crippen molar-refractivity contribution in [1.29, 1.82) is 5.26 Å². The van der Waals surface area contributed by atoms with Gasteiger partial charge in [-0.15, -0.1) is 6.42 Å². The van der Waals surface area contributed by atoms with E-state index in [1.807, 2.05) is 0 Å². The molecule has 0 unspecified atom stereocenters. The lowest BCUT2D eigenvalue weighted by Gasteiger charge is -2.40. The number of hydrogen-bond acceptors (Lipinski definition) is 7. The first kappa shape index (κ1) is 17.8. The second-order valence-corrected chi connectivity index (χ2v) is 8.18. The molecule has 0 saturated carbocycles. The summed E-state index contributed by atoms with van der Waals surface area (Å²) < 4.78 is 0. The molecule has 2 aromatic heterocycles. The lowest BCUT2D eigenvalue weighted by Crippen LogP contribution is -2.41. The number of hydrogen-bond donors (Lipinski definition) is 0. The smallest absolute Gasteiger partial charge is 0.186 e. The molecule has 4 heterocycles. The lowest BCUT2D eigenvalue weighted by molar-refractivity contribution is 0.232. The van der Waals surface area contributed by atoms with Gasteiger partial charge in [0.25, 0.3) is 0 Å². The molecule has 2 saturated heterocycles. The number of terminal acetylenes is 1. The fraction of sp³-hybridized carbons (Fsp3) is 0.500. The zero-order valence-corrected chi connectivity index (χ0v) is 16.0. The topological polar surface area (TPSA) is 68.9 Å². The lowest BCUT2D eigenvalue weighted by atomic mass is 9.79. The van der Waals surface area contributed by atoms with Crippen molar-refractivity contribution in [3.63, 3.8) is 0 Å². The average Bonchev–Trinajstić information content (AvgIpc) is 3.23. The van der Waals surface area contributed by atoms with Gasteiger partial charge in [0.2, 0.25) is 0 Å². The third-order valence-corrected chi connectivity index (χ3v) is 6.73. The summed E-state index contributed by atoms with van der Waals surface area (Å²) in [5.74, 6) is 5.11. The van der Waals surface area contributed by atoms with Crippen LogP contribution in [0, 0.1) is 35.5 Å². The van der Waals surface area contributed by atoms with Gasteiger partial charge in [-0.25, -0.2) is 15.0 Å². The summed E-state index contributed by atoms with van der Waals surface area (Å²) in [7, 11) is 0. The van der Waals surface area contributed by atoms with Crippen LogP contribution in [0.5, 0.6) is 0 Å². The average molecular weight is 379 g/mol. The van der Waals surface area contributed by atoms with Crippen LogP contribution in [0.2, 0.25) is 0 Å². The first-order valence-corrected chi connectivity index (χ1v) is 10.2. The molecular formula is C20H22N6S. The van der Waals surface area contributed by atoms with Gasteiger partial charge >= 0.3 is 0 Å². The van der Waals surface area contributed by atoms with Crippen LogP contribution in [-0.4, -0.2) is 41.1 Å². The maximum atomic E-state index is 9.02. The predicted octanol–water partition coefficient (Wildman–Crippen LogP) is 2.92. The van der Waals surface area contributed by atoms with Crippen molar-refractivity contribution >= 4 is 22.3 Å². The van der Waals surface area contributed by atoms with Crippen LogP contribution in [0.15, 0.2) is 18.6 Å². The molecule has 2 aromatic rings. The highest BCUT2D eigenvalue weighted by Gasteiger charge is 2.30. The summed E-state index contributed by atoms with van der Waals surface area (Å²) in [4.78, 5) is 18.3. The van der Waals surface area contributed by atoms with Gasteiger partial charge in [0, 0.05) is 32.2 Å². The number of aromatic nitrogens is 3. The second kappa shape index (κ2) is 7.94. The SMILES string of the molecule is C#Cc1cnc(N2CCC(C3CCN(c4cc(C#N)ncn4)CC3)CC2)s1. The Kier molecular flexibility index (Phi) is 5.22. The third-order valence-electron chi connectivity index (χ3n) is 5.74. The number of rotatable bonds is 3. The molecule has 0 amide bonds. The van der Waals surface area contributed by atoms with Gasteiger partial charge in [-0.2, -0.15) is 5.26 Å². The molecule has 2 aliphatic heterocycles. The minimum absolute atomic E-state index is 0.435. The maximum Gasteiger partial charge on any atom is 0.186 e. The Bertz CT molecular complexity index is 863. The summed E-state index contributed by atoms with van der Waals surface area (Å²) in [6, 6.07) is 3.88. The largest absolute Gasteiger partial charge is 0.356 e. The Morgan fingerprint density at radius 3 is 2.26 bits per heavy atom. The first-order chi connectivity index (χ1) is 13.3. The van der Waals surface area contributed by atoms with E-state index in [-0.39, 0.29) is 0 Å². The van der Waals surface area contributed by atoms with Gasteiger partial charge in [-0.3, -0.25) is 0 Å². The molecule has 0 spiro atoms. The van der Waals surface area contributed by atoms with Crippen LogP contribution in [0.3, 0.4) is 0 Å². The Balaban J connectivity index is 1.29. The van der Waals surface area contributed by atoms with Gasteiger partial charge < -0.3 is 9.80 Å². The van der Waals surface area contributed by atoms with Crippen LogP contribution in [0.25, 0.3) is 0 Å². The molecule has 0 aliphatic carbocycles. The number of piperidine rings is 2. The molecular weight excluding hydrogens is 356 g/mol. The van der Waals surface area contributed by atoms with Gasteiger partial charge in [0.05, 0.1) is 11.1 Å². The molecule has 0 aromatic carbocycles. The van der Waals surface area contributed by atoms with Crippen molar-refractivity contribution in [2.45, 2.75) is 25.7 Å². The van der Waals surface area contributed by atoms with Crippen LogP contribution >= 0.6 is 11.3 Å². The van der Waals surface area contributed by atoms with E-state index >= 15 is 0 Å². The van der Waals surface area contributed by atoms with Crippen molar-refractivity contribution in [3.8, 4) is 18.4 Å². The highest BCUT2D eigenvalue weighted by Crippen LogP contribution is 2.35. The molecule has 138 valence electrons. The molecule has 2 aliphatic rings. The van der Waals surface area contributed by atoms with Crippen molar-refractivity contribution in [2.24, 2.45) is 11.8 Å². The number of thiazole rings is 1. The minimum atomic E-state index is 0.435. The Morgan fingerprint density at radius 2 is 1.67 bits per heavy atom. The Morgan fingerprint density at radius 1 is 1.00 bits per heavy atom. The molecule has 4 rings (SSSR count). The van der Waals surface area contributed by atoms with Crippen LogP contribution in [0.4, 0.5) is 10.9 Å². The summed E-state index contributed by atoms with van der Waals surface area (Å²) in [5.41, 5.74) is 0.435. The number of nitrogens with zero attached hydrogens (tertiary/aromatic N) is 6. The minimum Gasteiger partial charge on any atom is -0.356 e. The summed E-state index contributed by atoms with van der Waals surface area (Å²) in [5, 5.41) is 10.1. The van der Waals surface area contributed by atoms with Crippen molar-refractivity contribution in [1.82, 2.24) is 15.0 Å². The maximum absolute atomic E-state index is 9.02. The van der Waals surface area contributed by atoms with Gasteiger partial charge in [0.1, 0.15) is 23.9 Å². The number of nitriles is 1. The van der Waals surface area contributed by atoms with Gasteiger partial charge in [-0.1, -0.05) is 17.3 Å². The van der Waals surface area contributed by atoms with E-state index in [1.165, 1.54) is 32.0 Å². The molecule has 7 heteroatoms. The monoisotopic (exact) mass is 378 g/mol. The standard InChI is InChI=1S/C20H22N6S/c1-2-18-13-22-20(27-18)26-9-5-16(6-10-26)15-3-7-25(8-4-15)19-11-17(12-21)23-14-24-19/h1,11,13-16H,3-10H2. The Labute approximate surface area is 163 Å². The fourth-order valence-electron chi connectivity index (χ4n) is 4.22. The highest BCUT2D eigenvalue weighted by atomic mass is 32.1. The van der Waals surface area contributed by atoms with Gasteiger partial charge in [-0.05, 0) is 37.5 Å². The summed E-state index contributed by atoms with van der Waals surface area (Å²) in [6.07, 6.45) is 13.6. The molecule has 0 radical (unpaired) electrons. The Hall–Kier alpha value is -2.64. The van der Waals surface area contributed by atoms with E-state index in [2.05, 4.69) is 36.7 Å². The zero-order chi connectivity index (χ0) is 18.6. The van der Waals surface area contributed by atoms with E-state index in [0.29, 0.717) is 5.69 Å². The second-order valence-electron chi connectivity index (χ2n) is 7.17. The van der Waals surface area contributed by atoms with Crippen LogP contribution < -0.4 is 9.80 Å². The van der Waals surface area contributed by atoms with Crippen molar-refractivity contribution in [3.05, 3.63) is 29.2 Å². The normalized spacial score (nSPS) is 18.9. The fourth-order valence-corrected chi connectivity index (χ4v) is 5.00. The third kappa shape index (κ3) is 3.89.